The number of hydrogen-bond donors (Lipinski definition) is 2. The zero-order chi connectivity index (χ0) is 16.3. The summed E-state index contributed by atoms with van der Waals surface area (Å²) >= 11 is 0. The van der Waals surface area contributed by atoms with Crippen molar-refractivity contribution in [1.29, 1.82) is 0 Å². The van der Waals surface area contributed by atoms with Crippen molar-refractivity contribution < 1.29 is 19.5 Å². The van der Waals surface area contributed by atoms with E-state index in [0.717, 1.165) is 11.1 Å². The van der Waals surface area contributed by atoms with E-state index < -0.39 is 12.1 Å². The van der Waals surface area contributed by atoms with Gasteiger partial charge in [-0.05, 0) is 25.8 Å². The van der Waals surface area contributed by atoms with Crippen LogP contribution in [-0.2, 0) is 4.79 Å². The Labute approximate surface area is 129 Å². The number of carbonyl (C=O) groups excluding carboxylic acids is 2. The maximum atomic E-state index is 12.7. The summed E-state index contributed by atoms with van der Waals surface area (Å²) in [5, 5.41) is 10.8. The number of rotatable bonds is 5. The molecular formula is C16H20N2O4. The standard InChI is InChI=1S/C16H20N2O4/c1-10-3-4-12(11(2)9-10)15(20)13-5-6-14(19)18(13)8-7-17-16(21)22/h3-4,9,13,17H,5-8H2,1-2H3,(H,21,22). The number of nitrogens with one attached hydrogen (secondary N) is 1. The summed E-state index contributed by atoms with van der Waals surface area (Å²) in [5.74, 6) is -0.172. The summed E-state index contributed by atoms with van der Waals surface area (Å²) < 4.78 is 0. The third-order valence-electron chi connectivity index (χ3n) is 3.91. The van der Waals surface area contributed by atoms with Crippen LogP contribution in [0.5, 0.6) is 0 Å². The summed E-state index contributed by atoms with van der Waals surface area (Å²) in [4.78, 5) is 36.6. The van der Waals surface area contributed by atoms with Gasteiger partial charge in [0, 0.05) is 25.1 Å². The van der Waals surface area contributed by atoms with Crippen molar-refractivity contribution in [2.24, 2.45) is 0 Å². The van der Waals surface area contributed by atoms with Crippen molar-refractivity contribution in [2.45, 2.75) is 32.7 Å². The monoisotopic (exact) mass is 304 g/mol. The van der Waals surface area contributed by atoms with Crippen molar-refractivity contribution in [1.82, 2.24) is 10.2 Å². The summed E-state index contributed by atoms with van der Waals surface area (Å²) in [6, 6.07) is 5.13. The van der Waals surface area contributed by atoms with E-state index in [9.17, 15) is 14.4 Å². The molecule has 0 aromatic heterocycles. The quantitative estimate of drug-likeness (QED) is 0.811. The molecular weight excluding hydrogens is 284 g/mol. The largest absolute Gasteiger partial charge is 0.465 e. The van der Waals surface area contributed by atoms with E-state index in [2.05, 4.69) is 5.32 Å². The maximum absolute atomic E-state index is 12.7. The highest BCUT2D eigenvalue weighted by Gasteiger charge is 2.36. The average Bonchev–Trinajstić information content (AvgIpc) is 2.79. The van der Waals surface area contributed by atoms with E-state index in [1.165, 1.54) is 4.90 Å². The zero-order valence-electron chi connectivity index (χ0n) is 12.8. The highest BCUT2D eigenvalue weighted by atomic mass is 16.4. The summed E-state index contributed by atoms with van der Waals surface area (Å²) in [6.07, 6.45) is -0.323. The Hall–Kier alpha value is -2.37. The Kier molecular flexibility index (Phi) is 4.80. The van der Waals surface area contributed by atoms with Crippen molar-refractivity contribution in [3.05, 3.63) is 34.9 Å². The molecule has 0 saturated carbocycles. The molecule has 1 aromatic rings. The van der Waals surface area contributed by atoms with Gasteiger partial charge in [-0.3, -0.25) is 9.59 Å². The van der Waals surface area contributed by atoms with Gasteiger partial charge in [0.05, 0.1) is 6.04 Å². The molecule has 1 aliphatic heterocycles. The molecule has 0 bridgehead atoms. The number of amides is 2. The SMILES string of the molecule is Cc1ccc(C(=O)C2CCC(=O)N2CCNC(=O)O)c(C)c1. The van der Waals surface area contributed by atoms with Crippen molar-refractivity contribution in [3.8, 4) is 0 Å². The lowest BCUT2D eigenvalue weighted by molar-refractivity contribution is -0.128. The normalized spacial score (nSPS) is 17.6. The third-order valence-corrected chi connectivity index (χ3v) is 3.91. The Morgan fingerprint density at radius 2 is 2.09 bits per heavy atom. The Morgan fingerprint density at radius 1 is 1.36 bits per heavy atom. The number of benzene rings is 1. The van der Waals surface area contributed by atoms with Crippen LogP contribution in [0.3, 0.4) is 0 Å². The van der Waals surface area contributed by atoms with Gasteiger partial charge in [-0.1, -0.05) is 23.8 Å². The number of carboxylic acid groups (broad SMARTS) is 1. The first kappa shape index (κ1) is 16.0. The Morgan fingerprint density at radius 3 is 2.73 bits per heavy atom. The van der Waals surface area contributed by atoms with Gasteiger partial charge in [0.1, 0.15) is 0 Å². The number of nitrogens with zero attached hydrogens (tertiary/aromatic N) is 1. The second-order valence-corrected chi connectivity index (χ2v) is 5.56. The first-order valence-corrected chi connectivity index (χ1v) is 7.28. The van der Waals surface area contributed by atoms with Crippen molar-refractivity contribution in [3.63, 3.8) is 0 Å². The number of Topliss-reactive ketones (excluding diaryl/α,β-unsaturated/α-hetero) is 1. The molecule has 1 fully saturated rings. The van der Waals surface area contributed by atoms with Crippen LogP contribution in [0.2, 0.25) is 0 Å². The van der Waals surface area contributed by atoms with Gasteiger partial charge in [-0.25, -0.2) is 4.79 Å². The predicted octanol–water partition coefficient (Wildman–Crippen LogP) is 1.74. The van der Waals surface area contributed by atoms with E-state index in [0.29, 0.717) is 18.4 Å². The van der Waals surface area contributed by atoms with Gasteiger partial charge in [0.2, 0.25) is 5.91 Å². The Bertz CT molecular complexity index is 612. The summed E-state index contributed by atoms with van der Waals surface area (Å²) in [6.45, 7) is 4.18. The predicted molar refractivity (Wildman–Crippen MR) is 81.0 cm³/mol. The molecule has 1 atom stereocenters. The lowest BCUT2D eigenvalue weighted by Gasteiger charge is -2.24. The fourth-order valence-electron chi connectivity index (χ4n) is 2.84. The van der Waals surface area contributed by atoms with Crippen LogP contribution < -0.4 is 5.32 Å². The molecule has 2 rings (SSSR count). The number of ketones is 1. The molecule has 22 heavy (non-hydrogen) atoms. The average molecular weight is 304 g/mol. The Balaban J connectivity index is 2.13. The van der Waals surface area contributed by atoms with Crippen LogP contribution in [0, 0.1) is 13.8 Å². The summed E-state index contributed by atoms with van der Waals surface area (Å²) in [5.41, 5.74) is 2.61. The molecule has 6 heteroatoms. The van der Waals surface area contributed by atoms with E-state index in [1.807, 2.05) is 26.0 Å². The highest BCUT2D eigenvalue weighted by molar-refractivity contribution is 6.04. The van der Waals surface area contributed by atoms with E-state index in [1.54, 1.807) is 6.07 Å². The fourth-order valence-corrected chi connectivity index (χ4v) is 2.84. The minimum Gasteiger partial charge on any atom is -0.465 e. The van der Waals surface area contributed by atoms with E-state index in [4.69, 9.17) is 5.11 Å². The lowest BCUT2D eigenvalue weighted by atomic mass is 9.96. The maximum Gasteiger partial charge on any atom is 0.404 e. The van der Waals surface area contributed by atoms with Gasteiger partial charge in [-0.15, -0.1) is 0 Å². The molecule has 1 aromatic carbocycles. The van der Waals surface area contributed by atoms with Gasteiger partial charge in [0.25, 0.3) is 0 Å². The zero-order valence-corrected chi connectivity index (χ0v) is 12.8. The van der Waals surface area contributed by atoms with Crippen LogP contribution in [0.15, 0.2) is 18.2 Å². The molecule has 2 amide bonds. The van der Waals surface area contributed by atoms with E-state index >= 15 is 0 Å². The molecule has 0 radical (unpaired) electrons. The molecule has 1 saturated heterocycles. The molecule has 0 spiro atoms. The molecule has 0 aliphatic carbocycles. The summed E-state index contributed by atoms with van der Waals surface area (Å²) in [7, 11) is 0. The molecule has 1 unspecified atom stereocenters. The molecule has 6 nitrogen and oxygen atoms in total. The van der Waals surface area contributed by atoms with Crippen LogP contribution in [-0.4, -0.2) is 46.9 Å². The van der Waals surface area contributed by atoms with Crippen molar-refractivity contribution in [2.75, 3.05) is 13.1 Å². The fraction of sp³-hybridized carbons (Fsp3) is 0.438. The van der Waals surface area contributed by atoms with Gasteiger partial charge in [0.15, 0.2) is 5.78 Å². The first-order valence-electron chi connectivity index (χ1n) is 7.28. The van der Waals surface area contributed by atoms with Crippen LogP contribution in [0.1, 0.15) is 34.3 Å². The van der Waals surface area contributed by atoms with Crippen LogP contribution >= 0.6 is 0 Å². The minimum absolute atomic E-state index is 0.0707. The smallest absolute Gasteiger partial charge is 0.404 e. The van der Waals surface area contributed by atoms with Crippen LogP contribution in [0.25, 0.3) is 0 Å². The minimum atomic E-state index is -1.14. The van der Waals surface area contributed by atoms with Gasteiger partial charge >= 0.3 is 6.09 Å². The number of aryl methyl sites for hydroxylation is 2. The number of hydrogen-bond acceptors (Lipinski definition) is 3. The lowest BCUT2D eigenvalue weighted by Crippen LogP contribution is -2.43. The highest BCUT2D eigenvalue weighted by Crippen LogP contribution is 2.23. The topological polar surface area (TPSA) is 86.7 Å². The molecule has 2 N–H and O–H groups in total. The molecule has 1 heterocycles. The van der Waals surface area contributed by atoms with Crippen molar-refractivity contribution >= 4 is 17.8 Å². The number of carbonyl (C=O) groups is 3. The second kappa shape index (κ2) is 6.60. The number of likely N-dealkylation sites (tertiary alicyclic amines) is 1. The first-order chi connectivity index (χ1) is 10.4. The van der Waals surface area contributed by atoms with Crippen LogP contribution in [0.4, 0.5) is 4.79 Å². The molecule has 118 valence electrons. The van der Waals surface area contributed by atoms with E-state index in [-0.39, 0.29) is 24.8 Å². The van der Waals surface area contributed by atoms with Gasteiger partial charge < -0.3 is 15.3 Å². The molecule has 1 aliphatic rings. The second-order valence-electron chi connectivity index (χ2n) is 5.56. The van der Waals surface area contributed by atoms with Gasteiger partial charge in [-0.2, -0.15) is 0 Å². The third kappa shape index (κ3) is 3.44.